The lowest BCUT2D eigenvalue weighted by Gasteiger charge is -1.97. The van der Waals surface area contributed by atoms with Gasteiger partial charge in [0.15, 0.2) is 0 Å². The molecule has 0 aliphatic heterocycles. The Morgan fingerprint density at radius 2 is 2.17 bits per heavy atom. The maximum Gasteiger partial charge on any atom is 0.228 e. The number of rotatable bonds is 2. The van der Waals surface area contributed by atoms with Crippen LogP contribution in [0.4, 0.5) is 8.78 Å². The van der Waals surface area contributed by atoms with Crippen molar-refractivity contribution in [3.63, 3.8) is 0 Å². The third-order valence-electron chi connectivity index (χ3n) is 1.17. The van der Waals surface area contributed by atoms with Crippen molar-refractivity contribution < 1.29 is 13.5 Å². The number of ether oxygens (including phenoxy) is 1. The summed E-state index contributed by atoms with van der Waals surface area (Å²) < 4.78 is 25.7. The van der Waals surface area contributed by atoms with E-state index in [1.165, 1.54) is 0 Å². The van der Waals surface area contributed by atoms with E-state index in [1.807, 2.05) is 18.2 Å². The molecule has 0 aromatic heterocycles. The zero-order chi connectivity index (χ0) is 9.23. The fraction of sp³-hybridized carbons (Fsp3) is 0.333. The highest BCUT2D eigenvalue weighted by atomic mass is 19.1. The summed E-state index contributed by atoms with van der Waals surface area (Å²) in [6.07, 6.45) is 10.1. The molecule has 0 saturated carbocycles. The van der Waals surface area contributed by atoms with Crippen LogP contribution in [-0.4, -0.2) is 14.0 Å². The van der Waals surface area contributed by atoms with Crippen molar-refractivity contribution >= 4 is 0 Å². The van der Waals surface area contributed by atoms with Gasteiger partial charge in [-0.25, -0.2) is 4.39 Å². The van der Waals surface area contributed by atoms with E-state index < -0.39 is 6.86 Å². The summed E-state index contributed by atoms with van der Waals surface area (Å²) in [7, 11) is 0.500. The van der Waals surface area contributed by atoms with E-state index in [0.29, 0.717) is 12.9 Å². The van der Waals surface area contributed by atoms with Gasteiger partial charge in [0.1, 0.15) is 5.76 Å². The first-order valence-corrected chi connectivity index (χ1v) is 3.53. The van der Waals surface area contributed by atoms with Gasteiger partial charge in [-0.05, 0) is 18.6 Å². The van der Waals surface area contributed by atoms with Crippen LogP contribution in [0, 0.1) is 0 Å². The summed E-state index contributed by atoms with van der Waals surface area (Å²) in [4.78, 5) is 0. The van der Waals surface area contributed by atoms with Crippen LogP contribution in [-0.2, 0) is 4.74 Å². The minimum Gasteiger partial charge on any atom is -0.463 e. The predicted octanol–water partition coefficient (Wildman–Crippen LogP) is 2.92. The molecule has 0 saturated heterocycles. The van der Waals surface area contributed by atoms with Crippen LogP contribution in [0.2, 0.25) is 0 Å². The number of hydrogen-bond acceptors (Lipinski definition) is 1. The smallest absolute Gasteiger partial charge is 0.228 e. The average Bonchev–Trinajstić information content (AvgIpc) is 2.37. The second-order valence-corrected chi connectivity index (χ2v) is 1.89. The Morgan fingerprint density at radius 3 is 2.83 bits per heavy atom. The van der Waals surface area contributed by atoms with Gasteiger partial charge in [-0.3, -0.25) is 4.39 Å². The highest BCUT2D eigenvalue weighted by Crippen LogP contribution is 2.05. The first kappa shape index (κ1) is 10.9. The highest BCUT2D eigenvalue weighted by molar-refractivity contribution is 5.22. The third kappa shape index (κ3) is 4.66. The molecule has 0 spiro atoms. The monoisotopic (exact) mass is 174 g/mol. The first-order chi connectivity index (χ1) is 5.93. The number of allylic oxidation sites excluding steroid dienone is 5. The third-order valence-corrected chi connectivity index (χ3v) is 1.17. The molecule has 1 aliphatic carbocycles. The summed E-state index contributed by atoms with van der Waals surface area (Å²) in [5.74, 6) is 0.580. The van der Waals surface area contributed by atoms with Gasteiger partial charge in [-0.15, -0.1) is 0 Å². The fourth-order valence-electron chi connectivity index (χ4n) is 0.719. The second-order valence-electron chi connectivity index (χ2n) is 1.89. The van der Waals surface area contributed by atoms with Crippen LogP contribution >= 0.6 is 0 Å². The minimum atomic E-state index is -0.760. The molecule has 0 fully saturated rings. The molecule has 3 heteroatoms. The number of hydrogen-bond donors (Lipinski definition) is 0. The molecule has 1 aliphatic rings. The van der Waals surface area contributed by atoms with E-state index in [-0.39, 0.29) is 0 Å². The topological polar surface area (TPSA) is 9.23 Å². The van der Waals surface area contributed by atoms with Crippen LogP contribution in [0.15, 0.2) is 36.1 Å². The molecule has 1 nitrogen and oxygen atoms in total. The van der Waals surface area contributed by atoms with Crippen molar-refractivity contribution in [2.75, 3.05) is 14.0 Å². The van der Waals surface area contributed by atoms with Crippen LogP contribution in [0.3, 0.4) is 0 Å². The van der Waals surface area contributed by atoms with Crippen molar-refractivity contribution in [2.45, 2.75) is 6.42 Å². The zero-order valence-electron chi connectivity index (χ0n) is 6.97. The molecule has 0 N–H and O–H groups in total. The molecule has 0 radical (unpaired) electrons. The van der Waals surface area contributed by atoms with Gasteiger partial charge in [-0.2, -0.15) is 0 Å². The van der Waals surface area contributed by atoms with Crippen molar-refractivity contribution in [1.29, 1.82) is 0 Å². The summed E-state index contributed by atoms with van der Waals surface area (Å²) in [5, 5.41) is 0. The molecule has 0 amide bonds. The van der Waals surface area contributed by atoms with Crippen molar-refractivity contribution in [3.05, 3.63) is 36.1 Å². The largest absolute Gasteiger partial charge is 0.463 e. The second kappa shape index (κ2) is 7.98. The summed E-state index contributed by atoms with van der Waals surface area (Å²) in [5.41, 5.74) is 0. The molecule has 0 atom stereocenters. The van der Waals surface area contributed by atoms with Gasteiger partial charge in [0.2, 0.25) is 6.86 Å². The summed E-state index contributed by atoms with van der Waals surface area (Å²) in [6.45, 7) is -0.760. The molecule has 12 heavy (non-hydrogen) atoms. The number of halogens is 2. The lowest BCUT2D eigenvalue weighted by molar-refractivity contribution is 0.124. The Hall–Kier alpha value is -1.12. The SMILES string of the molecule is CF.FCOC1=CC=CCC=C1. The molecule has 0 aromatic rings. The van der Waals surface area contributed by atoms with Gasteiger partial charge in [0.25, 0.3) is 0 Å². The van der Waals surface area contributed by atoms with Crippen molar-refractivity contribution in [3.8, 4) is 0 Å². The summed E-state index contributed by atoms with van der Waals surface area (Å²) in [6, 6.07) is 0. The van der Waals surface area contributed by atoms with Crippen molar-refractivity contribution in [2.24, 2.45) is 0 Å². The van der Waals surface area contributed by atoms with Crippen LogP contribution in [0.5, 0.6) is 0 Å². The lowest BCUT2D eigenvalue weighted by Crippen LogP contribution is -1.84. The van der Waals surface area contributed by atoms with Gasteiger partial charge < -0.3 is 4.74 Å². The molecule has 0 aromatic carbocycles. The summed E-state index contributed by atoms with van der Waals surface area (Å²) >= 11 is 0. The molecule has 68 valence electrons. The van der Waals surface area contributed by atoms with Crippen LogP contribution in [0.1, 0.15) is 6.42 Å². The van der Waals surface area contributed by atoms with Crippen molar-refractivity contribution in [1.82, 2.24) is 0 Å². The quantitative estimate of drug-likeness (QED) is 0.625. The van der Waals surface area contributed by atoms with Gasteiger partial charge in [-0.1, -0.05) is 18.2 Å². The molecule has 0 heterocycles. The average molecular weight is 174 g/mol. The Balaban J connectivity index is 0.000000561. The van der Waals surface area contributed by atoms with E-state index in [1.54, 1.807) is 12.2 Å². The normalized spacial score (nSPS) is 14.1. The molecule has 0 unspecified atom stereocenters. The van der Waals surface area contributed by atoms with Gasteiger partial charge >= 0.3 is 0 Å². The van der Waals surface area contributed by atoms with E-state index in [2.05, 4.69) is 4.74 Å². The number of alkyl halides is 2. The zero-order valence-corrected chi connectivity index (χ0v) is 6.97. The Kier molecular flexibility index (Phi) is 7.24. The van der Waals surface area contributed by atoms with Gasteiger partial charge in [0.05, 0.1) is 7.18 Å². The Morgan fingerprint density at radius 1 is 1.42 bits per heavy atom. The highest BCUT2D eigenvalue weighted by Gasteiger charge is 1.90. The van der Waals surface area contributed by atoms with E-state index in [0.717, 1.165) is 6.42 Å². The van der Waals surface area contributed by atoms with Crippen LogP contribution in [0.25, 0.3) is 0 Å². The van der Waals surface area contributed by atoms with Gasteiger partial charge in [0, 0.05) is 0 Å². The standard InChI is InChI=1S/C8H9FO.CH3F/c9-7-10-8-5-3-1-2-4-6-8;1-2/h1,3-6H,2,7H2;1H3. The molecule has 0 bridgehead atoms. The molecule has 1 rings (SSSR count). The molecular formula is C9H12F2O. The minimum absolute atomic E-state index is 0.500. The van der Waals surface area contributed by atoms with E-state index in [9.17, 15) is 8.78 Å². The molecular weight excluding hydrogens is 162 g/mol. The maximum atomic E-state index is 11.6. The van der Waals surface area contributed by atoms with E-state index >= 15 is 0 Å². The van der Waals surface area contributed by atoms with Crippen LogP contribution < -0.4 is 0 Å². The fourth-order valence-corrected chi connectivity index (χ4v) is 0.719. The first-order valence-electron chi connectivity index (χ1n) is 3.53. The maximum absolute atomic E-state index is 11.6. The lowest BCUT2D eigenvalue weighted by atomic mass is 10.4. The Labute approximate surface area is 71.0 Å². The predicted molar refractivity (Wildman–Crippen MR) is 45.1 cm³/mol. The Bertz CT molecular complexity index is 183. The van der Waals surface area contributed by atoms with E-state index in [4.69, 9.17) is 0 Å².